The number of amides is 1. The van der Waals surface area contributed by atoms with Gasteiger partial charge in [0, 0.05) is 24.0 Å². The maximum absolute atomic E-state index is 11.7. The Kier molecular flexibility index (Phi) is 3.12. The van der Waals surface area contributed by atoms with Crippen LogP contribution in [0.3, 0.4) is 0 Å². The third kappa shape index (κ3) is 3.18. The van der Waals surface area contributed by atoms with Gasteiger partial charge in [0.05, 0.1) is 6.54 Å². The van der Waals surface area contributed by atoms with Gasteiger partial charge in [-0.1, -0.05) is 0 Å². The number of nitrogens with zero attached hydrogens (tertiary/aromatic N) is 2. The number of carbonyl (C=O) groups is 1. The molecule has 0 aromatic rings. The second kappa shape index (κ2) is 3.76. The van der Waals surface area contributed by atoms with Gasteiger partial charge in [-0.25, -0.2) is 5.01 Å². The summed E-state index contributed by atoms with van der Waals surface area (Å²) in [4.78, 5) is 11.7. The molecule has 15 heavy (non-hydrogen) atoms. The van der Waals surface area contributed by atoms with E-state index in [9.17, 15) is 4.79 Å². The van der Waals surface area contributed by atoms with Gasteiger partial charge in [0.1, 0.15) is 0 Å². The smallest absolute Gasteiger partial charge is 0.238 e. The zero-order valence-electron chi connectivity index (χ0n) is 10.5. The summed E-state index contributed by atoms with van der Waals surface area (Å²) in [6.07, 6.45) is 0.605. The van der Waals surface area contributed by atoms with Crippen molar-refractivity contribution in [2.24, 2.45) is 5.73 Å². The van der Waals surface area contributed by atoms with Crippen LogP contribution >= 0.6 is 0 Å². The molecule has 0 spiro atoms. The fraction of sp³-hybridized carbons (Fsp3) is 0.909. The van der Waals surface area contributed by atoms with E-state index < -0.39 is 0 Å². The standard InChI is InChI=1S/C11H23N3O/c1-10(2,3)14-7-6-9(15)13(14)8-11(4,5)12/h6-8,12H2,1-5H3. The van der Waals surface area contributed by atoms with Crippen molar-refractivity contribution in [2.75, 3.05) is 13.1 Å². The summed E-state index contributed by atoms with van der Waals surface area (Å²) in [6.45, 7) is 11.6. The molecule has 0 aromatic carbocycles. The Morgan fingerprint density at radius 1 is 1.27 bits per heavy atom. The zero-order chi connectivity index (χ0) is 11.9. The molecule has 4 nitrogen and oxygen atoms in total. The van der Waals surface area contributed by atoms with E-state index in [0.717, 1.165) is 6.54 Å². The van der Waals surface area contributed by atoms with Crippen molar-refractivity contribution in [1.29, 1.82) is 0 Å². The highest BCUT2D eigenvalue weighted by molar-refractivity contribution is 5.77. The average Bonchev–Trinajstić information content (AvgIpc) is 2.28. The molecule has 1 saturated heterocycles. The number of hydrazine groups is 1. The fourth-order valence-electron chi connectivity index (χ4n) is 1.84. The van der Waals surface area contributed by atoms with E-state index in [2.05, 4.69) is 25.8 Å². The van der Waals surface area contributed by atoms with Crippen LogP contribution in [0, 0.1) is 0 Å². The second-order valence-corrected chi connectivity index (χ2v) is 5.98. The van der Waals surface area contributed by atoms with E-state index in [1.165, 1.54) is 0 Å². The summed E-state index contributed by atoms with van der Waals surface area (Å²) < 4.78 is 0. The lowest BCUT2D eigenvalue weighted by Crippen LogP contribution is -2.56. The minimum Gasteiger partial charge on any atom is -0.324 e. The summed E-state index contributed by atoms with van der Waals surface area (Å²) in [5.41, 5.74) is 5.60. The molecule has 1 fully saturated rings. The van der Waals surface area contributed by atoms with E-state index in [4.69, 9.17) is 5.73 Å². The average molecular weight is 213 g/mol. The first-order chi connectivity index (χ1) is 6.61. The molecule has 1 heterocycles. The third-order valence-electron chi connectivity index (χ3n) is 2.45. The van der Waals surface area contributed by atoms with Gasteiger partial charge >= 0.3 is 0 Å². The molecule has 0 bridgehead atoms. The number of carbonyl (C=O) groups excluding carboxylic acids is 1. The lowest BCUT2D eigenvalue weighted by molar-refractivity contribution is -0.146. The Morgan fingerprint density at radius 2 is 1.80 bits per heavy atom. The van der Waals surface area contributed by atoms with Crippen molar-refractivity contribution >= 4 is 5.91 Å². The highest BCUT2D eigenvalue weighted by atomic mass is 16.2. The predicted octanol–water partition coefficient (Wildman–Crippen LogP) is 0.971. The van der Waals surface area contributed by atoms with Crippen LogP contribution in [0.2, 0.25) is 0 Å². The van der Waals surface area contributed by atoms with Gasteiger partial charge in [-0.2, -0.15) is 0 Å². The molecule has 4 heteroatoms. The minimum absolute atomic E-state index is 0.0165. The van der Waals surface area contributed by atoms with Gasteiger partial charge in [-0.3, -0.25) is 9.80 Å². The van der Waals surface area contributed by atoms with Crippen molar-refractivity contribution < 1.29 is 4.79 Å². The van der Waals surface area contributed by atoms with Crippen LogP contribution in [0.5, 0.6) is 0 Å². The molecule has 88 valence electrons. The molecule has 1 amide bonds. The molecular formula is C11H23N3O. The van der Waals surface area contributed by atoms with Gasteiger partial charge in [0.2, 0.25) is 5.91 Å². The Hall–Kier alpha value is -0.610. The molecule has 0 radical (unpaired) electrons. The maximum Gasteiger partial charge on any atom is 0.238 e. The van der Waals surface area contributed by atoms with Gasteiger partial charge < -0.3 is 5.73 Å². The number of hydrogen-bond donors (Lipinski definition) is 1. The third-order valence-corrected chi connectivity index (χ3v) is 2.45. The topological polar surface area (TPSA) is 49.6 Å². The van der Waals surface area contributed by atoms with Crippen molar-refractivity contribution in [1.82, 2.24) is 10.0 Å². The minimum atomic E-state index is -0.344. The van der Waals surface area contributed by atoms with E-state index in [-0.39, 0.29) is 17.0 Å². The Balaban J connectivity index is 2.78. The highest BCUT2D eigenvalue weighted by Gasteiger charge is 2.37. The molecule has 0 aliphatic carbocycles. The highest BCUT2D eigenvalue weighted by Crippen LogP contribution is 2.24. The Morgan fingerprint density at radius 3 is 2.20 bits per heavy atom. The van der Waals surface area contributed by atoms with Crippen molar-refractivity contribution in [2.45, 2.75) is 52.1 Å². The van der Waals surface area contributed by atoms with Crippen LogP contribution in [0.25, 0.3) is 0 Å². The van der Waals surface area contributed by atoms with Gasteiger partial charge in [0.25, 0.3) is 0 Å². The summed E-state index contributed by atoms with van der Waals surface area (Å²) in [5.74, 6) is 0.184. The maximum atomic E-state index is 11.7. The summed E-state index contributed by atoms with van der Waals surface area (Å²) in [7, 11) is 0. The first kappa shape index (κ1) is 12.5. The molecule has 1 aliphatic rings. The van der Waals surface area contributed by atoms with Crippen molar-refractivity contribution in [3.8, 4) is 0 Å². The largest absolute Gasteiger partial charge is 0.324 e. The fourth-order valence-corrected chi connectivity index (χ4v) is 1.84. The molecule has 1 aliphatic heterocycles. The zero-order valence-corrected chi connectivity index (χ0v) is 10.5. The quantitative estimate of drug-likeness (QED) is 0.743. The lowest BCUT2D eigenvalue weighted by Gasteiger charge is -2.41. The van der Waals surface area contributed by atoms with Crippen molar-refractivity contribution in [3.05, 3.63) is 0 Å². The molecule has 0 saturated carbocycles. The lowest BCUT2D eigenvalue weighted by atomic mass is 10.1. The molecule has 2 N–H and O–H groups in total. The number of hydrogen-bond acceptors (Lipinski definition) is 3. The van der Waals surface area contributed by atoms with E-state index in [1.807, 2.05) is 13.8 Å². The second-order valence-electron chi connectivity index (χ2n) is 5.98. The number of nitrogens with two attached hydrogens (primary N) is 1. The first-order valence-electron chi connectivity index (χ1n) is 5.48. The number of rotatable bonds is 2. The van der Waals surface area contributed by atoms with Crippen molar-refractivity contribution in [3.63, 3.8) is 0 Å². The summed E-state index contributed by atoms with van der Waals surface area (Å²) >= 11 is 0. The molecule has 1 rings (SSSR count). The van der Waals surface area contributed by atoms with E-state index in [1.54, 1.807) is 5.01 Å². The molecular weight excluding hydrogens is 190 g/mol. The normalized spacial score (nSPS) is 20.1. The molecule has 0 atom stereocenters. The predicted molar refractivity (Wildman–Crippen MR) is 61.1 cm³/mol. The van der Waals surface area contributed by atoms with Crippen LogP contribution in [0.15, 0.2) is 0 Å². The molecule has 0 unspecified atom stereocenters. The summed E-state index contributed by atoms with van der Waals surface area (Å²) in [6, 6.07) is 0. The van der Waals surface area contributed by atoms with Gasteiger partial charge in [-0.15, -0.1) is 0 Å². The summed E-state index contributed by atoms with van der Waals surface area (Å²) in [5, 5.41) is 3.92. The molecule has 0 aromatic heterocycles. The van der Waals surface area contributed by atoms with E-state index >= 15 is 0 Å². The van der Waals surface area contributed by atoms with Crippen LogP contribution < -0.4 is 5.73 Å². The first-order valence-corrected chi connectivity index (χ1v) is 5.48. The Labute approximate surface area is 92.4 Å². The van der Waals surface area contributed by atoms with Crippen LogP contribution in [0.4, 0.5) is 0 Å². The monoisotopic (exact) mass is 213 g/mol. The SMILES string of the molecule is CC(C)(N)CN1C(=O)CCN1C(C)(C)C. The Bertz CT molecular complexity index is 250. The van der Waals surface area contributed by atoms with Crippen LogP contribution in [0.1, 0.15) is 41.0 Å². The van der Waals surface area contributed by atoms with Crippen LogP contribution in [-0.2, 0) is 4.79 Å². The van der Waals surface area contributed by atoms with E-state index in [0.29, 0.717) is 13.0 Å². The van der Waals surface area contributed by atoms with Gasteiger partial charge in [0.15, 0.2) is 0 Å². The van der Waals surface area contributed by atoms with Crippen LogP contribution in [-0.4, -0.2) is 40.1 Å². The van der Waals surface area contributed by atoms with Gasteiger partial charge in [-0.05, 0) is 34.6 Å².